The quantitative estimate of drug-likeness (QED) is 0.392. The lowest BCUT2D eigenvalue weighted by atomic mass is 9.91. The van der Waals surface area contributed by atoms with Gasteiger partial charge in [0.05, 0.1) is 11.7 Å². The molecule has 2 heterocycles. The second-order valence-electron chi connectivity index (χ2n) is 9.03. The first kappa shape index (κ1) is 22.0. The number of para-hydroxylation sites is 1. The van der Waals surface area contributed by atoms with Gasteiger partial charge in [-0.05, 0) is 69.2 Å². The number of nitrogens with zero attached hydrogens (tertiary/aromatic N) is 3. The fourth-order valence-corrected chi connectivity index (χ4v) is 5.11. The van der Waals surface area contributed by atoms with E-state index in [1.165, 1.54) is 47.2 Å². The van der Waals surface area contributed by atoms with Crippen molar-refractivity contribution in [2.24, 2.45) is 4.99 Å². The van der Waals surface area contributed by atoms with E-state index >= 15 is 0 Å². The van der Waals surface area contributed by atoms with E-state index in [0.717, 1.165) is 48.9 Å². The number of thiol groups is 1. The molecule has 164 valence electrons. The lowest BCUT2D eigenvalue weighted by Crippen LogP contribution is -2.50. The topological polar surface area (TPSA) is 18.8 Å². The molecular formula is C27H35N3S. The SMILES string of the molecule is C=C(CCC)CC1c2cccc(C)c2N=C(N2CCCCC2)N1c1cc(S)ccc1C. The average Bonchev–Trinajstić information content (AvgIpc) is 2.76. The van der Waals surface area contributed by atoms with Gasteiger partial charge in [0.2, 0.25) is 5.96 Å². The minimum absolute atomic E-state index is 0.192. The summed E-state index contributed by atoms with van der Waals surface area (Å²) in [5.41, 5.74) is 7.47. The van der Waals surface area contributed by atoms with Crippen molar-refractivity contribution >= 4 is 30.0 Å². The third-order valence-electron chi connectivity index (χ3n) is 6.54. The molecule has 2 aliphatic rings. The van der Waals surface area contributed by atoms with E-state index in [0.29, 0.717) is 0 Å². The number of hydrogen-bond donors (Lipinski definition) is 1. The van der Waals surface area contributed by atoms with E-state index in [1.807, 2.05) is 0 Å². The second-order valence-corrected chi connectivity index (χ2v) is 9.55. The van der Waals surface area contributed by atoms with E-state index in [9.17, 15) is 0 Å². The molecule has 1 saturated heterocycles. The zero-order chi connectivity index (χ0) is 22.0. The molecule has 1 fully saturated rings. The summed E-state index contributed by atoms with van der Waals surface area (Å²) in [5.74, 6) is 1.10. The van der Waals surface area contributed by atoms with Crippen LogP contribution in [0.3, 0.4) is 0 Å². The normalized spacial score (nSPS) is 18.6. The number of piperidine rings is 1. The molecule has 0 N–H and O–H groups in total. The number of benzene rings is 2. The van der Waals surface area contributed by atoms with E-state index in [-0.39, 0.29) is 6.04 Å². The molecule has 31 heavy (non-hydrogen) atoms. The molecule has 3 nitrogen and oxygen atoms in total. The van der Waals surface area contributed by atoms with Gasteiger partial charge in [0.1, 0.15) is 0 Å². The highest BCUT2D eigenvalue weighted by Crippen LogP contribution is 2.44. The lowest BCUT2D eigenvalue weighted by Gasteiger charge is -2.44. The molecular weight excluding hydrogens is 398 g/mol. The predicted octanol–water partition coefficient (Wildman–Crippen LogP) is 7.37. The summed E-state index contributed by atoms with van der Waals surface area (Å²) in [4.78, 5) is 11.3. The Morgan fingerprint density at radius 2 is 1.87 bits per heavy atom. The van der Waals surface area contributed by atoms with Gasteiger partial charge < -0.3 is 9.80 Å². The molecule has 0 radical (unpaired) electrons. The van der Waals surface area contributed by atoms with Crippen LogP contribution in [0.4, 0.5) is 11.4 Å². The smallest absolute Gasteiger partial charge is 0.207 e. The number of hydrogen-bond acceptors (Lipinski definition) is 4. The van der Waals surface area contributed by atoms with Crippen molar-refractivity contribution in [2.45, 2.75) is 70.2 Å². The van der Waals surface area contributed by atoms with Gasteiger partial charge in [-0.2, -0.15) is 0 Å². The first-order chi connectivity index (χ1) is 15.0. The number of fused-ring (bicyclic) bond motifs is 1. The third-order valence-corrected chi connectivity index (χ3v) is 6.82. The molecule has 0 bridgehead atoms. The Labute approximate surface area is 193 Å². The molecule has 0 aromatic heterocycles. The van der Waals surface area contributed by atoms with Crippen LogP contribution in [0.25, 0.3) is 0 Å². The molecule has 0 spiro atoms. The van der Waals surface area contributed by atoms with Crippen molar-refractivity contribution in [3.05, 3.63) is 65.2 Å². The maximum absolute atomic E-state index is 5.31. The number of guanidine groups is 1. The van der Waals surface area contributed by atoms with E-state index in [2.05, 4.69) is 86.2 Å². The second kappa shape index (κ2) is 9.52. The monoisotopic (exact) mass is 433 g/mol. The maximum Gasteiger partial charge on any atom is 0.207 e. The Balaban J connectivity index is 1.90. The van der Waals surface area contributed by atoms with Crippen LogP contribution in [-0.2, 0) is 0 Å². The summed E-state index contributed by atoms with van der Waals surface area (Å²) in [6.45, 7) is 13.2. The van der Waals surface area contributed by atoms with E-state index in [1.54, 1.807) is 0 Å². The Kier molecular flexibility index (Phi) is 6.76. The van der Waals surface area contributed by atoms with Gasteiger partial charge in [0.15, 0.2) is 0 Å². The first-order valence-electron chi connectivity index (χ1n) is 11.7. The minimum atomic E-state index is 0.192. The third kappa shape index (κ3) is 4.55. The Hall–Kier alpha value is -2.20. The van der Waals surface area contributed by atoms with Crippen molar-refractivity contribution < 1.29 is 0 Å². The molecule has 2 aromatic rings. The van der Waals surface area contributed by atoms with Gasteiger partial charge in [-0.3, -0.25) is 0 Å². The van der Waals surface area contributed by atoms with Crippen molar-refractivity contribution in [1.82, 2.24) is 4.90 Å². The zero-order valence-electron chi connectivity index (χ0n) is 19.2. The number of aryl methyl sites for hydroxylation is 2. The Morgan fingerprint density at radius 1 is 1.10 bits per heavy atom. The molecule has 1 unspecified atom stereocenters. The largest absolute Gasteiger partial charge is 0.342 e. The highest BCUT2D eigenvalue weighted by molar-refractivity contribution is 7.80. The van der Waals surface area contributed by atoms with Crippen LogP contribution < -0.4 is 4.90 Å². The summed E-state index contributed by atoms with van der Waals surface area (Å²) in [5, 5.41) is 0. The van der Waals surface area contributed by atoms with Gasteiger partial charge in [-0.25, -0.2) is 4.99 Å². The molecule has 4 rings (SSSR count). The van der Waals surface area contributed by atoms with Crippen molar-refractivity contribution in [2.75, 3.05) is 18.0 Å². The lowest BCUT2D eigenvalue weighted by molar-refractivity contribution is 0.333. The molecule has 2 aliphatic heterocycles. The number of anilines is 1. The van der Waals surface area contributed by atoms with Gasteiger partial charge in [0.25, 0.3) is 0 Å². The highest BCUT2D eigenvalue weighted by Gasteiger charge is 2.35. The van der Waals surface area contributed by atoms with Crippen LogP contribution in [0.2, 0.25) is 0 Å². The van der Waals surface area contributed by atoms with Crippen molar-refractivity contribution in [1.29, 1.82) is 0 Å². The minimum Gasteiger partial charge on any atom is -0.342 e. The number of rotatable bonds is 5. The zero-order valence-corrected chi connectivity index (χ0v) is 20.1. The van der Waals surface area contributed by atoms with Crippen LogP contribution >= 0.6 is 12.6 Å². The molecule has 0 amide bonds. The van der Waals surface area contributed by atoms with Crippen LogP contribution in [0.15, 0.2) is 58.4 Å². The Bertz CT molecular complexity index is 988. The fourth-order valence-electron chi connectivity index (χ4n) is 4.92. The summed E-state index contributed by atoms with van der Waals surface area (Å²) in [6.07, 6.45) is 6.89. The Morgan fingerprint density at radius 3 is 2.61 bits per heavy atom. The summed E-state index contributed by atoms with van der Waals surface area (Å²) >= 11 is 4.68. The number of likely N-dealkylation sites (tertiary alicyclic amines) is 1. The van der Waals surface area contributed by atoms with Crippen LogP contribution in [-0.4, -0.2) is 23.9 Å². The van der Waals surface area contributed by atoms with E-state index < -0.39 is 0 Å². The van der Waals surface area contributed by atoms with Crippen LogP contribution in [0.5, 0.6) is 0 Å². The van der Waals surface area contributed by atoms with Gasteiger partial charge in [-0.1, -0.05) is 49.8 Å². The highest BCUT2D eigenvalue weighted by atomic mass is 32.1. The molecule has 0 saturated carbocycles. The van der Waals surface area contributed by atoms with Crippen molar-refractivity contribution in [3.8, 4) is 0 Å². The van der Waals surface area contributed by atoms with Gasteiger partial charge in [0, 0.05) is 29.2 Å². The number of aliphatic imine (C=N–C) groups is 1. The predicted molar refractivity (Wildman–Crippen MR) is 136 cm³/mol. The maximum atomic E-state index is 5.31. The van der Waals surface area contributed by atoms with Crippen molar-refractivity contribution in [3.63, 3.8) is 0 Å². The van der Waals surface area contributed by atoms with Gasteiger partial charge in [-0.15, -0.1) is 12.6 Å². The summed E-state index contributed by atoms with van der Waals surface area (Å²) in [6, 6.07) is 13.3. The van der Waals surface area contributed by atoms with Crippen LogP contribution in [0.1, 0.15) is 68.2 Å². The molecule has 0 aliphatic carbocycles. The van der Waals surface area contributed by atoms with Gasteiger partial charge >= 0.3 is 0 Å². The standard InChI is InChI=1S/C27H35N3S/c1-5-10-19(2)17-25-23-12-9-11-21(4)26(23)28-27(29-15-7-6-8-16-29)30(25)24-18-22(31)14-13-20(24)3/h9,11-14,18,25,31H,2,5-8,10,15-17H2,1,3-4H3. The summed E-state index contributed by atoms with van der Waals surface area (Å²) in [7, 11) is 0. The average molecular weight is 434 g/mol. The molecule has 1 atom stereocenters. The fraction of sp³-hybridized carbons (Fsp3) is 0.444. The first-order valence-corrected chi connectivity index (χ1v) is 12.1. The van der Waals surface area contributed by atoms with Crippen LogP contribution in [0, 0.1) is 13.8 Å². The molecule has 4 heteroatoms. The molecule has 2 aromatic carbocycles. The van der Waals surface area contributed by atoms with E-state index in [4.69, 9.17) is 4.99 Å². The summed E-state index contributed by atoms with van der Waals surface area (Å²) < 4.78 is 0.